The monoisotopic (exact) mass is 503 g/mol. The molecule has 2 aromatic rings. The fourth-order valence-corrected chi connectivity index (χ4v) is 6.06. The van der Waals surface area contributed by atoms with Gasteiger partial charge in [0.15, 0.2) is 5.78 Å². The molecule has 1 aliphatic carbocycles. The number of methoxy groups -OCH3 is 1. The van der Waals surface area contributed by atoms with Crippen LogP contribution in [0.5, 0.6) is 5.75 Å². The van der Waals surface area contributed by atoms with Crippen molar-refractivity contribution in [1.29, 1.82) is 0 Å². The number of ketones is 1. The van der Waals surface area contributed by atoms with Crippen molar-refractivity contribution in [3.63, 3.8) is 0 Å². The molecule has 0 bridgehead atoms. The van der Waals surface area contributed by atoms with Crippen LogP contribution in [0.25, 0.3) is 0 Å². The normalized spacial score (nSPS) is 19.6. The number of Topliss-reactive ketones (excluding diaryl/α,β-unsaturated/α-hetero) is 1. The molecule has 1 N–H and O–H groups in total. The molecular formula is C26H27ClFNO4S. The lowest BCUT2D eigenvalue weighted by Gasteiger charge is -2.39. The van der Waals surface area contributed by atoms with Gasteiger partial charge in [-0.3, -0.25) is 4.79 Å². The molecule has 4 rings (SSSR count). The standard InChI is InChI=1S/C26H27ClFNO4S/c1-13-22(25(31)32-5)24(23-18(29-13)10-26(3,4)11-19(23)30)21-8-15(14(2)34-21)12-33-20-7-6-16(28)9-17(20)27/h6-9,24,29H,10-12H2,1-5H3. The van der Waals surface area contributed by atoms with E-state index in [-0.39, 0.29) is 22.8 Å². The van der Waals surface area contributed by atoms with E-state index in [9.17, 15) is 14.0 Å². The molecule has 0 saturated heterocycles. The van der Waals surface area contributed by atoms with Gasteiger partial charge in [0.2, 0.25) is 0 Å². The van der Waals surface area contributed by atoms with Crippen LogP contribution in [-0.2, 0) is 20.9 Å². The number of dihydropyridines is 1. The number of carbonyl (C=O) groups is 2. The Morgan fingerprint density at radius 1 is 1.26 bits per heavy atom. The zero-order valence-corrected chi connectivity index (χ0v) is 21.4. The lowest BCUT2D eigenvalue weighted by atomic mass is 9.70. The maximum atomic E-state index is 13.3. The number of halogens is 2. The first-order chi connectivity index (χ1) is 16.0. The molecule has 0 saturated carbocycles. The molecule has 1 aromatic heterocycles. The first-order valence-electron chi connectivity index (χ1n) is 11.0. The summed E-state index contributed by atoms with van der Waals surface area (Å²) in [5.41, 5.74) is 3.41. The van der Waals surface area contributed by atoms with E-state index in [2.05, 4.69) is 19.2 Å². The Morgan fingerprint density at radius 2 is 2.00 bits per heavy atom. The summed E-state index contributed by atoms with van der Waals surface area (Å²) in [6, 6.07) is 5.97. The first kappa shape index (κ1) is 24.5. The van der Waals surface area contributed by atoms with Crippen LogP contribution < -0.4 is 10.1 Å². The summed E-state index contributed by atoms with van der Waals surface area (Å²) in [5.74, 6) is -0.961. The minimum Gasteiger partial charge on any atom is -0.487 e. The largest absolute Gasteiger partial charge is 0.487 e. The molecule has 1 aliphatic heterocycles. The smallest absolute Gasteiger partial charge is 0.336 e. The number of allylic oxidation sites excluding steroid dienone is 3. The minimum absolute atomic E-state index is 0.0413. The molecule has 0 fully saturated rings. The molecule has 0 radical (unpaired) electrons. The van der Waals surface area contributed by atoms with Crippen LogP contribution in [0.2, 0.25) is 5.02 Å². The fraction of sp³-hybridized carbons (Fsp3) is 0.385. The van der Waals surface area contributed by atoms with Crippen molar-refractivity contribution in [2.45, 2.75) is 53.1 Å². The highest BCUT2D eigenvalue weighted by molar-refractivity contribution is 7.12. The molecule has 8 heteroatoms. The second kappa shape index (κ2) is 9.19. The summed E-state index contributed by atoms with van der Waals surface area (Å²) in [5, 5.41) is 3.52. The van der Waals surface area contributed by atoms with Crippen molar-refractivity contribution in [3.05, 3.63) is 73.0 Å². The Morgan fingerprint density at radius 3 is 2.68 bits per heavy atom. The number of carbonyl (C=O) groups excluding carboxylic acids is 2. The molecule has 2 heterocycles. The molecular weight excluding hydrogens is 477 g/mol. The molecule has 0 amide bonds. The summed E-state index contributed by atoms with van der Waals surface area (Å²) in [7, 11) is 1.35. The van der Waals surface area contributed by atoms with Crippen molar-refractivity contribution in [2.75, 3.05) is 7.11 Å². The lowest BCUT2D eigenvalue weighted by Crippen LogP contribution is -2.38. The number of nitrogens with one attached hydrogen (secondary N) is 1. The number of hydrogen-bond donors (Lipinski definition) is 1. The minimum atomic E-state index is -0.501. The Kier molecular flexibility index (Phi) is 6.62. The Balaban J connectivity index is 1.72. The second-order valence-electron chi connectivity index (χ2n) is 9.52. The van der Waals surface area contributed by atoms with Crippen LogP contribution in [0.3, 0.4) is 0 Å². The predicted molar refractivity (Wildman–Crippen MR) is 130 cm³/mol. The van der Waals surface area contributed by atoms with Gasteiger partial charge >= 0.3 is 5.97 Å². The van der Waals surface area contributed by atoms with Gasteiger partial charge in [-0.15, -0.1) is 11.3 Å². The van der Waals surface area contributed by atoms with E-state index >= 15 is 0 Å². The van der Waals surface area contributed by atoms with Gasteiger partial charge in [-0.25, -0.2) is 9.18 Å². The van der Waals surface area contributed by atoms with Crippen molar-refractivity contribution in [3.8, 4) is 5.75 Å². The fourth-order valence-electron chi connectivity index (χ4n) is 4.68. The van der Waals surface area contributed by atoms with E-state index in [0.29, 0.717) is 29.0 Å². The van der Waals surface area contributed by atoms with Crippen LogP contribution in [0.4, 0.5) is 4.39 Å². The topological polar surface area (TPSA) is 64.6 Å². The zero-order valence-electron chi connectivity index (χ0n) is 19.8. The zero-order chi connectivity index (χ0) is 24.8. The number of rotatable bonds is 5. The summed E-state index contributed by atoms with van der Waals surface area (Å²) in [6.45, 7) is 8.19. The maximum absolute atomic E-state index is 13.3. The lowest BCUT2D eigenvalue weighted by molar-refractivity contribution is -0.136. The van der Waals surface area contributed by atoms with Crippen molar-refractivity contribution in [1.82, 2.24) is 5.32 Å². The average Bonchev–Trinajstić information content (AvgIpc) is 3.11. The van der Waals surface area contributed by atoms with E-state index in [4.69, 9.17) is 21.1 Å². The number of esters is 1. The van der Waals surface area contributed by atoms with Crippen LogP contribution in [0.15, 0.2) is 46.8 Å². The molecule has 5 nitrogen and oxygen atoms in total. The highest BCUT2D eigenvalue weighted by atomic mass is 35.5. The predicted octanol–water partition coefficient (Wildman–Crippen LogP) is 6.21. The maximum Gasteiger partial charge on any atom is 0.336 e. The van der Waals surface area contributed by atoms with Crippen molar-refractivity contribution >= 4 is 34.7 Å². The number of ether oxygens (including phenoxy) is 2. The highest BCUT2D eigenvalue weighted by Crippen LogP contribution is 2.48. The van der Waals surface area contributed by atoms with Crippen molar-refractivity contribution in [2.24, 2.45) is 5.41 Å². The van der Waals surface area contributed by atoms with Crippen LogP contribution in [-0.4, -0.2) is 18.9 Å². The quantitative estimate of drug-likeness (QED) is 0.492. The third-order valence-corrected chi connectivity index (χ3v) is 7.70. The molecule has 1 atom stereocenters. The first-order valence-corrected chi connectivity index (χ1v) is 12.2. The van der Waals surface area contributed by atoms with Gasteiger partial charge in [-0.1, -0.05) is 25.4 Å². The van der Waals surface area contributed by atoms with E-state index in [1.54, 1.807) is 0 Å². The summed E-state index contributed by atoms with van der Waals surface area (Å²) in [6.07, 6.45) is 1.14. The van der Waals surface area contributed by atoms with Gasteiger partial charge in [0.05, 0.1) is 23.6 Å². The Hall–Kier alpha value is -2.64. The van der Waals surface area contributed by atoms with Gasteiger partial charge in [0.1, 0.15) is 18.2 Å². The average molecular weight is 504 g/mol. The molecule has 1 unspecified atom stereocenters. The highest BCUT2D eigenvalue weighted by Gasteiger charge is 2.43. The third kappa shape index (κ3) is 4.64. The van der Waals surface area contributed by atoms with E-state index in [0.717, 1.165) is 27.4 Å². The number of aryl methyl sites for hydroxylation is 1. The Bertz CT molecular complexity index is 1240. The summed E-state index contributed by atoms with van der Waals surface area (Å²) in [4.78, 5) is 28.0. The molecule has 1 aromatic carbocycles. The number of thiophene rings is 1. The van der Waals surface area contributed by atoms with Crippen LogP contribution >= 0.6 is 22.9 Å². The third-order valence-electron chi connectivity index (χ3n) is 6.25. The van der Waals surface area contributed by atoms with E-state index in [1.165, 1.54) is 36.6 Å². The number of benzene rings is 1. The molecule has 2 aliphatic rings. The van der Waals surface area contributed by atoms with Gasteiger partial charge < -0.3 is 14.8 Å². The van der Waals surface area contributed by atoms with Gasteiger partial charge in [-0.2, -0.15) is 0 Å². The van der Waals surface area contributed by atoms with Crippen LogP contribution in [0.1, 0.15) is 54.8 Å². The van der Waals surface area contributed by atoms with Gasteiger partial charge in [0.25, 0.3) is 0 Å². The van der Waals surface area contributed by atoms with Gasteiger partial charge in [-0.05, 0) is 49.9 Å². The Labute approximate surface area is 207 Å². The molecule has 0 spiro atoms. The summed E-state index contributed by atoms with van der Waals surface area (Å²) >= 11 is 7.62. The summed E-state index contributed by atoms with van der Waals surface area (Å²) < 4.78 is 24.3. The van der Waals surface area contributed by atoms with Gasteiger partial charge in [0, 0.05) is 38.7 Å². The molecule has 34 heavy (non-hydrogen) atoms. The second-order valence-corrected chi connectivity index (χ2v) is 11.2. The van der Waals surface area contributed by atoms with Crippen molar-refractivity contribution < 1.29 is 23.5 Å². The number of hydrogen-bond acceptors (Lipinski definition) is 6. The van der Waals surface area contributed by atoms with E-state index in [1.807, 2.05) is 19.9 Å². The van der Waals surface area contributed by atoms with E-state index < -0.39 is 17.7 Å². The van der Waals surface area contributed by atoms with Crippen LogP contribution in [0, 0.1) is 18.2 Å². The molecule has 180 valence electrons. The SMILES string of the molecule is COC(=O)C1=C(C)NC2=C(C(=O)CC(C)(C)C2)C1c1cc(COc2ccc(F)cc2Cl)c(C)s1.